The van der Waals surface area contributed by atoms with Gasteiger partial charge in [0.05, 0.1) is 0 Å². The van der Waals surface area contributed by atoms with E-state index >= 15 is 0 Å². The SMILES string of the molecule is CC(=O)Oc1cccc(C(=O)N2CCC(c3cc4cc(Cl)ccc4[nH]3)CC2)c1. The van der Waals surface area contributed by atoms with Crippen molar-refractivity contribution in [1.29, 1.82) is 0 Å². The number of carbonyl (C=O) groups is 2. The molecule has 0 bridgehead atoms. The number of hydrogen-bond acceptors (Lipinski definition) is 3. The van der Waals surface area contributed by atoms with Crippen molar-refractivity contribution in [2.45, 2.75) is 25.7 Å². The first kappa shape index (κ1) is 18.6. The van der Waals surface area contributed by atoms with Crippen LogP contribution in [0, 0.1) is 0 Å². The molecule has 1 amide bonds. The molecule has 1 aromatic heterocycles. The van der Waals surface area contributed by atoms with Gasteiger partial charge in [0, 0.05) is 53.1 Å². The van der Waals surface area contributed by atoms with Crippen molar-refractivity contribution in [2.75, 3.05) is 13.1 Å². The molecule has 0 atom stereocenters. The fraction of sp³-hybridized carbons (Fsp3) is 0.273. The standard InChI is InChI=1S/C22H21ClN2O3/c1-14(26)28-19-4-2-3-16(12-19)22(27)25-9-7-15(8-10-25)21-13-17-11-18(23)5-6-20(17)24-21/h2-6,11-13,15,24H,7-10H2,1H3. The maximum absolute atomic E-state index is 12.8. The number of nitrogens with zero attached hydrogens (tertiary/aromatic N) is 1. The van der Waals surface area contributed by atoms with Gasteiger partial charge in [0.1, 0.15) is 5.75 Å². The fourth-order valence-corrected chi connectivity index (χ4v) is 3.96. The van der Waals surface area contributed by atoms with Gasteiger partial charge in [-0.3, -0.25) is 9.59 Å². The molecule has 3 aromatic rings. The second-order valence-electron chi connectivity index (χ2n) is 7.14. The molecule has 1 saturated heterocycles. The van der Waals surface area contributed by atoms with Crippen molar-refractivity contribution in [3.8, 4) is 5.75 Å². The zero-order chi connectivity index (χ0) is 19.7. The molecular formula is C22H21ClN2O3. The number of hydrogen-bond donors (Lipinski definition) is 1. The number of nitrogens with one attached hydrogen (secondary N) is 1. The first-order valence-corrected chi connectivity index (χ1v) is 9.73. The molecule has 0 radical (unpaired) electrons. The molecule has 0 saturated carbocycles. The summed E-state index contributed by atoms with van der Waals surface area (Å²) in [5.74, 6) is 0.355. The summed E-state index contributed by atoms with van der Waals surface area (Å²) in [4.78, 5) is 29.3. The number of H-pyrrole nitrogens is 1. The largest absolute Gasteiger partial charge is 0.427 e. The number of amides is 1. The molecule has 28 heavy (non-hydrogen) atoms. The van der Waals surface area contributed by atoms with Crippen molar-refractivity contribution >= 4 is 34.4 Å². The van der Waals surface area contributed by atoms with Crippen molar-refractivity contribution in [3.05, 3.63) is 64.8 Å². The van der Waals surface area contributed by atoms with E-state index in [4.69, 9.17) is 16.3 Å². The quantitative estimate of drug-likeness (QED) is 0.512. The van der Waals surface area contributed by atoms with Gasteiger partial charge >= 0.3 is 5.97 Å². The molecular weight excluding hydrogens is 376 g/mol. The maximum Gasteiger partial charge on any atom is 0.308 e. The number of likely N-dealkylation sites (tertiary alicyclic amines) is 1. The van der Waals surface area contributed by atoms with E-state index in [1.807, 2.05) is 23.1 Å². The molecule has 5 nitrogen and oxygen atoms in total. The van der Waals surface area contributed by atoms with Crippen molar-refractivity contribution < 1.29 is 14.3 Å². The molecule has 144 valence electrons. The second-order valence-corrected chi connectivity index (χ2v) is 7.58. The Labute approximate surface area is 168 Å². The minimum Gasteiger partial charge on any atom is -0.427 e. The Bertz CT molecular complexity index is 1040. The Morgan fingerprint density at radius 3 is 2.64 bits per heavy atom. The topological polar surface area (TPSA) is 62.4 Å². The number of carbonyl (C=O) groups excluding carboxylic acids is 2. The van der Waals surface area contributed by atoms with E-state index in [0.717, 1.165) is 28.8 Å². The summed E-state index contributed by atoms with van der Waals surface area (Å²) in [7, 11) is 0. The summed E-state index contributed by atoms with van der Waals surface area (Å²) >= 11 is 6.08. The normalized spacial score (nSPS) is 15.0. The highest BCUT2D eigenvalue weighted by Gasteiger charge is 2.25. The van der Waals surface area contributed by atoms with Gasteiger partial charge in [-0.2, -0.15) is 0 Å². The van der Waals surface area contributed by atoms with E-state index in [1.165, 1.54) is 12.6 Å². The van der Waals surface area contributed by atoms with E-state index in [9.17, 15) is 9.59 Å². The molecule has 2 heterocycles. The third kappa shape index (κ3) is 3.90. The van der Waals surface area contributed by atoms with Crippen LogP contribution in [0.25, 0.3) is 10.9 Å². The van der Waals surface area contributed by atoms with Crippen LogP contribution in [0.4, 0.5) is 0 Å². The number of aromatic nitrogens is 1. The third-order valence-corrected chi connectivity index (χ3v) is 5.40. The number of rotatable bonds is 3. The predicted octanol–water partition coefficient (Wildman–Crippen LogP) is 4.77. The number of fused-ring (bicyclic) bond motifs is 1. The molecule has 0 spiro atoms. The van der Waals surface area contributed by atoms with Gasteiger partial charge in [0.15, 0.2) is 0 Å². The van der Waals surface area contributed by atoms with Crippen molar-refractivity contribution in [3.63, 3.8) is 0 Å². The number of aromatic amines is 1. The summed E-state index contributed by atoms with van der Waals surface area (Å²) in [6, 6.07) is 14.8. The summed E-state index contributed by atoms with van der Waals surface area (Å²) < 4.78 is 5.08. The van der Waals surface area contributed by atoms with Gasteiger partial charge in [0.25, 0.3) is 5.91 Å². The zero-order valence-corrected chi connectivity index (χ0v) is 16.3. The van der Waals surface area contributed by atoms with Crippen LogP contribution in [0.5, 0.6) is 5.75 Å². The average molecular weight is 397 g/mol. The van der Waals surface area contributed by atoms with Gasteiger partial charge in [-0.1, -0.05) is 17.7 Å². The van der Waals surface area contributed by atoms with Gasteiger partial charge in [0.2, 0.25) is 0 Å². The van der Waals surface area contributed by atoms with Crippen LogP contribution in [-0.2, 0) is 4.79 Å². The molecule has 4 rings (SSSR count). The van der Waals surface area contributed by atoms with E-state index in [1.54, 1.807) is 24.3 Å². The Hall–Kier alpha value is -2.79. The summed E-state index contributed by atoms with van der Waals surface area (Å²) in [6.07, 6.45) is 1.80. The Kier molecular flexibility index (Phi) is 5.09. The Balaban J connectivity index is 1.43. The van der Waals surface area contributed by atoms with Gasteiger partial charge in [-0.15, -0.1) is 0 Å². The molecule has 6 heteroatoms. The van der Waals surface area contributed by atoms with Crippen LogP contribution in [0.2, 0.25) is 5.02 Å². The lowest BCUT2D eigenvalue weighted by Gasteiger charge is -2.31. The summed E-state index contributed by atoms with van der Waals surface area (Å²) in [5, 5.41) is 1.85. The van der Waals surface area contributed by atoms with Crippen LogP contribution >= 0.6 is 11.6 Å². The smallest absolute Gasteiger partial charge is 0.308 e. The number of halogens is 1. The molecule has 1 aliphatic heterocycles. The van der Waals surface area contributed by atoms with Gasteiger partial charge in [-0.25, -0.2) is 0 Å². The number of piperidine rings is 1. The number of ether oxygens (including phenoxy) is 1. The molecule has 1 aliphatic rings. The fourth-order valence-electron chi connectivity index (χ4n) is 3.78. The Morgan fingerprint density at radius 2 is 1.89 bits per heavy atom. The van der Waals surface area contributed by atoms with Crippen molar-refractivity contribution in [1.82, 2.24) is 9.88 Å². The van der Waals surface area contributed by atoms with E-state index in [0.29, 0.717) is 30.3 Å². The lowest BCUT2D eigenvalue weighted by molar-refractivity contribution is -0.131. The van der Waals surface area contributed by atoms with Crippen molar-refractivity contribution in [2.24, 2.45) is 0 Å². The summed E-state index contributed by atoms with van der Waals surface area (Å²) in [6.45, 7) is 2.73. The lowest BCUT2D eigenvalue weighted by Crippen LogP contribution is -2.38. The van der Waals surface area contributed by atoms with E-state index < -0.39 is 5.97 Å². The highest BCUT2D eigenvalue weighted by atomic mass is 35.5. The van der Waals surface area contributed by atoms with Gasteiger partial charge < -0.3 is 14.6 Å². The third-order valence-electron chi connectivity index (χ3n) is 5.17. The molecule has 2 aromatic carbocycles. The van der Waals surface area contributed by atoms with Crippen LogP contribution in [0.15, 0.2) is 48.5 Å². The van der Waals surface area contributed by atoms with Crippen LogP contribution in [-0.4, -0.2) is 34.8 Å². The van der Waals surface area contributed by atoms with Crippen LogP contribution < -0.4 is 4.74 Å². The molecule has 1 N–H and O–H groups in total. The monoisotopic (exact) mass is 396 g/mol. The summed E-state index contributed by atoms with van der Waals surface area (Å²) in [5.41, 5.74) is 2.82. The number of benzene rings is 2. The first-order chi connectivity index (χ1) is 13.5. The van der Waals surface area contributed by atoms with E-state index in [2.05, 4.69) is 11.1 Å². The highest BCUT2D eigenvalue weighted by Crippen LogP contribution is 2.31. The molecule has 1 fully saturated rings. The minimum atomic E-state index is -0.398. The van der Waals surface area contributed by atoms with Gasteiger partial charge in [-0.05, 0) is 55.3 Å². The average Bonchev–Trinajstić information content (AvgIpc) is 3.10. The predicted molar refractivity (Wildman–Crippen MR) is 109 cm³/mol. The van der Waals surface area contributed by atoms with E-state index in [-0.39, 0.29) is 5.91 Å². The maximum atomic E-state index is 12.8. The highest BCUT2D eigenvalue weighted by molar-refractivity contribution is 6.31. The Morgan fingerprint density at radius 1 is 1.11 bits per heavy atom. The van der Waals surface area contributed by atoms with Crippen LogP contribution in [0.3, 0.4) is 0 Å². The second kappa shape index (κ2) is 7.68. The molecule has 0 aliphatic carbocycles. The van der Waals surface area contributed by atoms with Crippen LogP contribution in [0.1, 0.15) is 41.7 Å². The first-order valence-electron chi connectivity index (χ1n) is 9.35. The zero-order valence-electron chi connectivity index (χ0n) is 15.6. The molecule has 0 unspecified atom stereocenters. The number of esters is 1. The lowest BCUT2D eigenvalue weighted by atomic mass is 9.93. The minimum absolute atomic E-state index is 0.0316.